The number of carbonyl (C=O) groups excluding carboxylic acids is 1. The van der Waals surface area contributed by atoms with Crippen molar-refractivity contribution in [1.29, 1.82) is 0 Å². The van der Waals surface area contributed by atoms with E-state index in [0.717, 1.165) is 6.42 Å². The maximum absolute atomic E-state index is 12.2. The average molecular weight is 269 g/mol. The van der Waals surface area contributed by atoms with Crippen LogP contribution in [0.3, 0.4) is 0 Å². The Bertz CT molecular complexity index is 413. The van der Waals surface area contributed by atoms with Gasteiger partial charge in [-0.15, -0.1) is 0 Å². The van der Waals surface area contributed by atoms with E-state index in [9.17, 15) is 4.79 Å². The third kappa shape index (κ3) is 4.34. The van der Waals surface area contributed by atoms with Crippen molar-refractivity contribution >= 4 is 17.4 Å². The summed E-state index contributed by atoms with van der Waals surface area (Å²) in [6, 6.07) is 5.15. The summed E-state index contributed by atoms with van der Waals surface area (Å²) in [5, 5.41) is 0.565. The number of ether oxygens (including phenoxy) is 1. The molecule has 1 atom stereocenters. The lowest BCUT2D eigenvalue weighted by molar-refractivity contribution is 0.0957. The highest BCUT2D eigenvalue weighted by molar-refractivity contribution is 6.31. The van der Waals surface area contributed by atoms with Gasteiger partial charge in [0.05, 0.1) is 12.7 Å². The molecule has 0 saturated heterocycles. The molecule has 18 heavy (non-hydrogen) atoms. The van der Waals surface area contributed by atoms with Gasteiger partial charge in [0, 0.05) is 11.4 Å². The van der Waals surface area contributed by atoms with Gasteiger partial charge in [-0.3, -0.25) is 4.79 Å². The van der Waals surface area contributed by atoms with Gasteiger partial charge < -0.3 is 4.74 Å². The van der Waals surface area contributed by atoms with E-state index in [1.807, 2.05) is 0 Å². The molecule has 0 radical (unpaired) electrons. The zero-order valence-electron chi connectivity index (χ0n) is 11.5. The number of halogens is 1. The first kappa shape index (κ1) is 15.0. The van der Waals surface area contributed by atoms with Crippen LogP contribution in [0.5, 0.6) is 5.75 Å². The van der Waals surface area contributed by atoms with Crippen molar-refractivity contribution in [2.45, 2.75) is 33.6 Å². The second kappa shape index (κ2) is 6.79. The molecule has 0 bridgehead atoms. The number of rotatable bonds is 6. The van der Waals surface area contributed by atoms with Crippen LogP contribution in [-0.2, 0) is 0 Å². The highest BCUT2D eigenvalue weighted by Gasteiger charge is 2.16. The molecule has 0 aliphatic rings. The summed E-state index contributed by atoms with van der Waals surface area (Å²) in [4.78, 5) is 12.2. The van der Waals surface area contributed by atoms with Crippen molar-refractivity contribution in [2.75, 3.05) is 7.11 Å². The zero-order valence-corrected chi connectivity index (χ0v) is 12.3. The summed E-state index contributed by atoms with van der Waals surface area (Å²) in [6.45, 7) is 6.44. The summed E-state index contributed by atoms with van der Waals surface area (Å²) in [5.41, 5.74) is 0.584. The lowest BCUT2D eigenvalue weighted by Crippen LogP contribution is -2.09. The van der Waals surface area contributed by atoms with Crippen molar-refractivity contribution < 1.29 is 9.53 Å². The molecule has 1 aromatic carbocycles. The lowest BCUT2D eigenvalue weighted by Gasteiger charge is -2.14. The van der Waals surface area contributed by atoms with Gasteiger partial charge in [-0.05, 0) is 36.5 Å². The van der Waals surface area contributed by atoms with Crippen LogP contribution in [0.4, 0.5) is 0 Å². The Kier molecular flexibility index (Phi) is 5.67. The van der Waals surface area contributed by atoms with Gasteiger partial charge in [-0.1, -0.05) is 32.4 Å². The largest absolute Gasteiger partial charge is 0.496 e. The standard InChI is InChI=1S/C15H21ClO2/c1-10(2)7-11(3)8-14(17)13-9-12(16)5-6-15(13)18-4/h5-6,9-11H,7-8H2,1-4H3. The molecule has 0 aliphatic heterocycles. The van der Waals surface area contributed by atoms with E-state index in [1.165, 1.54) is 0 Å². The number of hydrogen-bond donors (Lipinski definition) is 0. The van der Waals surface area contributed by atoms with Gasteiger partial charge in [0.15, 0.2) is 5.78 Å². The van der Waals surface area contributed by atoms with E-state index in [0.29, 0.717) is 34.6 Å². The van der Waals surface area contributed by atoms with Crippen LogP contribution < -0.4 is 4.74 Å². The fourth-order valence-electron chi connectivity index (χ4n) is 2.21. The quantitative estimate of drug-likeness (QED) is 0.705. The topological polar surface area (TPSA) is 26.3 Å². The Balaban J connectivity index is 2.80. The highest BCUT2D eigenvalue weighted by Crippen LogP contribution is 2.26. The molecular weight excluding hydrogens is 248 g/mol. The zero-order chi connectivity index (χ0) is 13.7. The third-order valence-corrected chi connectivity index (χ3v) is 3.10. The van der Waals surface area contributed by atoms with Gasteiger partial charge in [-0.2, -0.15) is 0 Å². The molecule has 1 rings (SSSR count). The smallest absolute Gasteiger partial charge is 0.166 e. The van der Waals surface area contributed by atoms with Crippen LogP contribution in [0.1, 0.15) is 44.0 Å². The molecule has 0 aromatic heterocycles. The minimum absolute atomic E-state index is 0.0995. The van der Waals surface area contributed by atoms with Gasteiger partial charge in [0.2, 0.25) is 0 Å². The highest BCUT2D eigenvalue weighted by atomic mass is 35.5. The van der Waals surface area contributed by atoms with Crippen molar-refractivity contribution in [3.8, 4) is 5.75 Å². The maximum Gasteiger partial charge on any atom is 0.166 e. The fraction of sp³-hybridized carbons (Fsp3) is 0.533. The minimum atomic E-state index is 0.0995. The summed E-state index contributed by atoms with van der Waals surface area (Å²) >= 11 is 5.93. The van der Waals surface area contributed by atoms with E-state index in [2.05, 4.69) is 20.8 Å². The maximum atomic E-state index is 12.2. The second-order valence-electron chi connectivity index (χ2n) is 5.21. The molecule has 100 valence electrons. The second-order valence-corrected chi connectivity index (χ2v) is 5.64. The Morgan fingerprint density at radius 2 is 2.00 bits per heavy atom. The average Bonchev–Trinajstić information content (AvgIpc) is 2.27. The third-order valence-electron chi connectivity index (χ3n) is 2.87. The summed E-state index contributed by atoms with van der Waals surface area (Å²) in [5.74, 6) is 1.68. The number of Topliss-reactive ketones (excluding diaryl/α,β-unsaturated/α-hetero) is 1. The van der Waals surface area contributed by atoms with Crippen LogP contribution in [0, 0.1) is 11.8 Å². The predicted octanol–water partition coefficient (Wildman–Crippen LogP) is 4.60. The van der Waals surface area contributed by atoms with Gasteiger partial charge in [-0.25, -0.2) is 0 Å². The molecule has 2 nitrogen and oxygen atoms in total. The van der Waals surface area contributed by atoms with E-state index < -0.39 is 0 Å². The van der Waals surface area contributed by atoms with Crippen molar-refractivity contribution in [1.82, 2.24) is 0 Å². The first-order chi connectivity index (χ1) is 8.43. The number of methoxy groups -OCH3 is 1. The van der Waals surface area contributed by atoms with Crippen LogP contribution >= 0.6 is 11.6 Å². The van der Waals surface area contributed by atoms with Crippen LogP contribution in [0.25, 0.3) is 0 Å². The van der Waals surface area contributed by atoms with E-state index in [4.69, 9.17) is 16.3 Å². The molecule has 3 heteroatoms. The first-order valence-electron chi connectivity index (χ1n) is 6.30. The van der Waals surface area contributed by atoms with Crippen molar-refractivity contribution in [3.63, 3.8) is 0 Å². The Morgan fingerprint density at radius 1 is 1.33 bits per heavy atom. The first-order valence-corrected chi connectivity index (χ1v) is 6.68. The number of hydrogen-bond acceptors (Lipinski definition) is 2. The SMILES string of the molecule is COc1ccc(Cl)cc1C(=O)CC(C)CC(C)C. The molecule has 0 N–H and O–H groups in total. The summed E-state index contributed by atoms with van der Waals surface area (Å²) < 4.78 is 5.20. The van der Waals surface area contributed by atoms with Gasteiger partial charge >= 0.3 is 0 Å². The molecule has 0 aliphatic carbocycles. The molecule has 1 unspecified atom stereocenters. The monoisotopic (exact) mass is 268 g/mol. The molecule has 0 saturated carbocycles. The fourth-order valence-corrected chi connectivity index (χ4v) is 2.38. The van der Waals surface area contributed by atoms with Crippen molar-refractivity contribution in [3.05, 3.63) is 28.8 Å². The Hall–Kier alpha value is -1.02. The van der Waals surface area contributed by atoms with Gasteiger partial charge in [0.25, 0.3) is 0 Å². The number of carbonyl (C=O) groups is 1. The molecule has 0 heterocycles. The van der Waals surface area contributed by atoms with Gasteiger partial charge in [0.1, 0.15) is 5.75 Å². The normalized spacial score (nSPS) is 12.6. The molecule has 0 amide bonds. The van der Waals surface area contributed by atoms with Crippen molar-refractivity contribution in [2.24, 2.45) is 11.8 Å². The molecular formula is C15H21ClO2. The van der Waals surface area contributed by atoms with Crippen LogP contribution in [0.2, 0.25) is 5.02 Å². The van der Waals surface area contributed by atoms with E-state index >= 15 is 0 Å². The van der Waals surface area contributed by atoms with Crippen LogP contribution in [-0.4, -0.2) is 12.9 Å². The molecule has 1 aromatic rings. The lowest BCUT2D eigenvalue weighted by atomic mass is 9.92. The predicted molar refractivity (Wildman–Crippen MR) is 75.6 cm³/mol. The van der Waals surface area contributed by atoms with E-state index in [1.54, 1.807) is 25.3 Å². The Labute approximate surface area is 114 Å². The number of ketones is 1. The molecule has 0 fully saturated rings. The summed E-state index contributed by atoms with van der Waals surface area (Å²) in [6.07, 6.45) is 1.59. The van der Waals surface area contributed by atoms with Crippen LogP contribution in [0.15, 0.2) is 18.2 Å². The van der Waals surface area contributed by atoms with E-state index in [-0.39, 0.29) is 5.78 Å². The molecule has 0 spiro atoms. The minimum Gasteiger partial charge on any atom is -0.496 e. The number of benzene rings is 1. The summed E-state index contributed by atoms with van der Waals surface area (Å²) in [7, 11) is 1.57. The Morgan fingerprint density at radius 3 is 2.56 bits per heavy atom.